The fraction of sp³-hybridized carbons (Fsp3) is 0.250. The van der Waals surface area contributed by atoms with Crippen molar-refractivity contribution in [3.05, 3.63) is 36.0 Å². The number of hydrogen-bond donors (Lipinski definition) is 0. The number of fused-ring (bicyclic) bond motifs is 1. The highest BCUT2D eigenvalue weighted by Gasteiger charge is 2.26. The summed E-state index contributed by atoms with van der Waals surface area (Å²) in [5, 5.41) is 0.910. The Morgan fingerprint density at radius 2 is 1.94 bits per heavy atom. The smallest absolute Gasteiger partial charge is 0.232 e. The first-order chi connectivity index (χ1) is 8.02. The van der Waals surface area contributed by atoms with E-state index in [1.807, 2.05) is 31.2 Å². The molecule has 2 rings (SSSR count). The van der Waals surface area contributed by atoms with E-state index in [0.29, 0.717) is 18.1 Å². The Balaban J connectivity index is 2.67. The SMILES string of the molecule is CCOc1cc(C(Cl)(Cl)Cl)nc2ccccc12. The second-order valence-corrected chi connectivity index (χ2v) is 5.73. The highest BCUT2D eigenvalue weighted by molar-refractivity contribution is 6.66. The lowest BCUT2D eigenvalue weighted by atomic mass is 10.2. The van der Waals surface area contributed by atoms with E-state index in [4.69, 9.17) is 39.5 Å². The second kappa shape index (κ2) is 4.89. The summed E-state index contributed by atoms with van der Waals surface area (Å²) >= 11 is 17.5. The molecule has 0 aliphatic heterocycles. The summed E-state index contributed by atoms with van der Waals surface area (Å²) in [5.74, 6) is 0.680. The van der Waals surface area contributed by atoms with Gasteiger partial charge in [0.15, 0.2) is 0 Å². The lowest BCUT2D eigenvalue weighted by molar-refractivity contribution is 0.343. The average molecular weight is 291 g/mol. The number of rotatable bonds is 2. The molecular weight excluding hydrogens is 280 g/mol. The Bertz CT molecular complexity index is 537. The fourth-order valence-electron chi connectivity index (χ4n) is 1.56. The third-order valence-corrected chi connectivity index (χ3v) is 2.85. The van der Waals surface area contributed by atoms with Gasteiger partial charge in [-0.1, -0.05) is 46.9 Å². The number of pyridine rings is 1. The van der Waals surface area contributed by atoms with Crippen molar-refractivity contribution in [2.45, 2.75) is 10.7 Å². The van der Waals surface area contributed by atoms with Crippen molar-refractivity contribution in [2.75, 3.05) is 6.61 Å². The number of nitrogens with zero attached hydrogens (tertiary/aromatic N) is 1. The molecule has 1 aromatic carbocycles. The van der Waals surface area contributed by atoms with Crippen LogP contribution < -0.4 is 4.74 Å². The van der Waals surface area contributed by atoms with Crippen LogP contribution in [0, 0.1) is 0 Å². The van der Waals surface area contributed by atoms with Crippen molar-refractivity contribution >= 4 is 45.7 Å². The zero-order chi connectivity index (χ0) is 12.5. The fourth-order valence-corrected chi connectivity index (χ4v) is 1.85. The summed E-state index contributed by atoms with van der Waals surface area (Å²) in [6.07, 6.45) is 0. The molecule has 1 aromatic heterocycles. The predicted molar refractivity (Wildman–Crippen MR) is 72.1 cm³/mol. The number of halogens is 3. The first kappa shape index (κ1) is 12.7. The summed E-state index contributed by atoms with van der Waals surface area (Å²) in [6, 6.07) is 9.25. The van der Waals surface area contributed by atoms with Crippen molar-refractivity contribution in [1.82, 2.24) is 4.98 Å². The molecule has 0 atom stereocenters. The lowest BCUT2D eigenvalue weighted by Gasteiger charge is -2.14. The van der Waals surface area contributed by atoms with Gasteiger partial charge in [-0.2, -0.15) is 0 Å². The average Bonchev–Trinajstić information content (AvgIpc) is 2.28. The van der Waals surface area contributed by atoms with Gasteiger partial charge in [-0.3, -0.25) is 0 Å². The number of hydrogen-bond acceptors (Lipinski definition) is 2. The number of alkyl halides is 3. The van der Waals surface area contributed by atoms with Crippen molar-refractivity contribution in [3.63, 3.8) is 0 Å². The molecule has 0 aliphatic carbocycles. The molecule has 17 heavy (non-hydrogen) atoms. The highest BCUT2D eigenvalue weighted by atomic mass is 35.6. The maximum atomic E-state index is 5.84. The Hall–Kier alpha value is -0.700. The van der Waals surface area contributed by atoms with Crippen LogP contribution >= 0.6 is 34.8 Å². The van der Waals surface area contributed by atoms with Crippen LogP contribution in [-0.4, -0.2) is 11.6 Å². The first-order valence-corrected chi connectivity index (χ1v) is 6.25. The van der Waals surface area contributed by atoms with E-state index in [-0.39, 0.29) is 0 Å². The standard InChI is InChI=1S/C12H10Cl3NO/c1-2-17-10-7-11(12(13,14)15)16-9-6-4-3-5-8(9)10/h3-7H,2H2,1H3. The van der Waals surface area contributed by atoms with Crippen molar-refractivity contribution in [3.8, 4) is 5.75 Å². The number of aromatic nitrogens is 1. The maximum absolute atomic E-state index is 5.84. The molecule has 0 spiro atoms. The molecule has 90 valence electrons. The molecule has 0 radical (unpaired) electrons. The normalized spacial score (nSPS) is 11.8. The molecule has 0 bridgehead atoms. The van der Waals surface area contributed by atoms with Gasteiger partial charge in [0.1, 0.15) is 5.75 Å². The van der Waals surface area contributed by atoms with Crippen LogP contribution in [0.2, 0.25) is 0 Å². The molecule has 0 amide bonds. The van der Waals surface area contributed by atoms with Crippen LogP contribution in [-0.2, 0) is 3.79 Å². The molecule has 1 heterocycles. The molecule has 0 aliphatic rings. The molecular formula is C12H10Cl3NO. The van der Waals surface area contributed by atoms with Gasteiger partial charge in [0.2, 0.25) is 3.79 Å². The van der Waals surface area contributed by atoms with Crippen LogP contribution in [0.5, 0.6) is 5.75 Å². The largest absolute Gasteiger partial charge is 0.493 e. The van der Waals surface area contributed by atoms with Gasteiger partial charge >= 0.3 is 0 Å². The molecule has 0 N–H and O–H groups in total. The van der Waals surface area contributed by atoms with Crippen molar-refractivity contribution < 1.29 is 4.74 Å². The molecule has 0 fully saturated rings. The second-order valence-electron chi connectivity index (χ2n) is 3.45. The van der Waals surface area contributed by atoms with Gasteiger partial charge in [0, 0.05) is 11.5 Å². The van der Waals surface area contributed by atoms with Crippen molar-refractivity contribution in [2.24, 2.45) is 0 Å². The predicted octanol–water partition coefficient (Wildman–Crippen LogP) is 4.46. The third-order valence-electron chi connectivity index (χ3n) is 2.27. The summed E-state index contributed by atoms with van der Waals surface area (Å²) in [7, 11) is 0. The maximum Gasteiger partial charge on any atom is 0.232 e. The van der Waals surface area contributed by atoms with Crippen LogP contribution in [0.3, 0.4) is 0 Å². The van der Waals surface area contributed by atoms with Crippen molar-refractivity contribution in [1.29, 1.82) is 0 Å². The van der Waals surface area contributed by atoms with Crippen LogP contribution in [0.25, 0.3) is 10.9 Å². The molecule has 0 saturated carbocycles. The summed E-state index contributed by atoms with van der Waals surface area (Å²) in [4.78, 5) is 4.31. The Morgan fingerprint density at radius 1 is 1.24 bits per heavy atom. The molecule has 0 saturated heterocycles. The van der Waals surface area contributed by atoms with E-state index >= 15 is 0 Å². The molecule has 2 nitrogen and oxygen atoms in total. The summed E-state index contributed by atoms with van der Waals surface area (Å²) in [6.45, 7) is 2.46. The Labute approximate surface area is 114 Å². The van der Waals surface area contributed by atoms with E-state index in [0.717, 1.165) is 10.9 Å². The van der Waals surface area contributed by atoms with E-state index in [1.54, 1.807) is 6.07 Å². The van der Waals surface area contributed by atoms with Gasteiger partial charge in [-0.25, -0.2) is 4.98 Å². The van der Waals surface area contributed by atoms with Gasteiger partial charge in [-0.15, -0.1) is 0 Å². The van der Waals surface area contributed by atoms with E-state index in [2.05, 4.69) is 4.98 Å². The minimum absolute atomic E-state index is 0.365. The first-order valence-electron chi connectivity index (χ1n) is 5.12. The summed E-state index contributed by atoms with van der Waals surface area (Å²) in [5.41, 5.74) is 1.12. The van der Waals surface area contributed by atoms with Crippen LogP contribution in [0.1, 0.15) is 12.6 Å². The van der Waals surface area contributed by atoms with Crippen LogP contribution in [0.4, 0.5) is 0 Å². The zero-order valence-corrected chi connectivity index (χ0v) is 11.4. The minimum atomic E-state index is -1.55. The molecule has 5 heteroatoms. The van der Waals surface area contributed by atoms with Gasteiger partial charge < -0.3 is 4.74 Å². The van der Waals surface area contributed by atoms with Gasteiger partial charge in [0.25, 0.3) is 0 Å². The monoisotopic (exact) mass is 289 g/mol. The quantitative estimate of drug-likeness (QED) is 0.762. The van der Waals surface area contributed by atoms with E-state index < -0.39 is 3.79 Å². The third kappa shape index (κ3) is 2.76. The molecule has 0 unspecified atom stereocenters. The molecule has 2 aromatic rings. The summed E-state index contributed by atoms with van der Waals surface area (Å²) < 4.78 is 3.99. The Kier molecular flexibility index (Phi) is 3.67. The van der Waals surface area contributed by atoms with Crippen LogP contribution in [0.15, 0.2) is 30.3 Å². The number of ether oxygens (including phenoxy) is 1. The Morgan fingerprint density at radius 3 is 2.59 bits per heavy atom. The zero-order valence-electron chi connectivity index (χ0n) is 9.08. The van der Waals surface area contributed by atoms with Gasteiger partial charge in [0.05, 0.1) is 17.8 Å². The number of benzene rings is 1. The minimum Gasteiger partial charge on any atom is -0.493 e. The van der Waals surface area contributed by atoms with E-state index in [9.17, 15) is 0 Å². The lowest BCUT2D eigenvalue weighted by Crippen LogP contribution is -2.05. The number of para-hydroxylation sites is 1. The van der Waals surface area contributed by atoms with Gasteiger partial charge in [-0.05, 0) is 19.1 Å². The van der Waals surface area contributed by atoms with E-state index in [1.165, 1.54) is 0 Å². The highest BCUT2D eigenvalue weighted by Crippen LogP contribution is 2.40. The topological polar surface area (TPSA) is 22.1 Å².